The van der Waals surface area contributed by atoms with E-state index in [9.17, 15) is 26.3 Å². The summed E-state index contributed by atoms with van der Waals surface area (Å²) in [6.45, 7) is 2.65. The lowest BCUT2D eigenvalue weighted by Crippen LogP contribution is -2.47. The summed E-state index contributed by atoms with van der Waals surface area (Å²) < 4.78 is 79.0. The number of halogens is 6. The zero-order chi connectivity index (χ0) is 17.2. The highest BCUT2D eigenvalue weighted by Gasteiger charge is 2.50. The van der Waals surface area contributed by atoms with Gasteiger partial charge in [0.05, 0.1) is 11.1 Å². The molecule has 23 heavy (non-hydrogen) atoms. The molecule has 122 valence electrons. The molecular weight excluding hydrogens is 328 g/mol. The Balaban J connectivity index is 2.35. The molecule has 0 unspecified atom stereocenters. The van der Waals surface area contributed by atoms with Gasteiger partial charge in [-0.1, -0.05) is 0 Å². The molecular formula is C12H7F6N5. The molecule has 0 amide bonds. The van der Waals surface area contributed by atoms with Crippen molar-refractivity contribution in [2.24, 2.45) is 20.0 Å². The third-order valence-corrected chi connectivity index (χ3v) is 3.06. The molecule has 0 N–H and O–H groups in total. The van der Waals surface area contributed by atoms with E-state index < -0.39 is 35.2 Å². The maximum atomic E-state index is 13.2. The van der Waals surface area contributed by atoms with Gasteiger partial charge in [0.1, 0.15) is 11.7 Å². The molecule has 0 aliphatic carbocycles. The highest BCUT2D eigenvalue weighted by atomic mass is 19.4. The molecule has 0 atom stereocenters. The summed E-state index contributed by atoms with van der Waals surface area (Å²) in [6, 6.07) is 0. The third-order valence-electron chi connectivity index (χ3n) is 3.06. The van der Waals surface area contributed by atoms with Crippen LogP contribution >= 0.6 is 0 Å². The first-order valence-corrected chi connectivity index (χ1v) is 6.17. The van der Waals surface area contributed by atoms with Crippen LogP contribution in [0.3, 0.4) is 0 Å². The van der Waals surface area contributed by atoms with E-state index in [0.717, 1.165) is 0 Å². The van der Waals surface area contributed by atoms with Crippen LogP contribution in [0, 0.1) is 0 Å². The number of hydrogen-bond acceptors (Lipinski definition) is 5. The topological polar surface area (TPSA) is 52.7 Å². The van der Waals surface area contributed by atoms with Gasteiger partial charge in [0, 0.05) is 0 Å². The molecule has 0 saturated carbocycles. The van der Waals surface area contributed by atoms with Crippen LogP contribution in [0.5, 0.6) is 0 Å². The Hall–Kier alpha value is -2.46. The van der Waals surface area contributed by atoms with Crippen molar-refractivity contribution in [3.8, 4) is 0 Å². The molecule has 3 rings (SSSR count). The summed E-state index contributed by atoms with van der Waals surface area (Å²) in [5.41, 5.74) is -3.05. The summed E-state index contributed by atoms with van der Waals surface area (Å²) >= 11 is 0. The number of amidine groups is 3. The first kappa shape index (κ1) is 15.4. The summed E-state index contributed by atoms with van der Waals surface area (Å²) in [5.74, 6) is -1.86. The number of rotatable bonds is 0. The smallest absolute Gasteiger partial charge is 0.245 e. The molecule has 0 aromatic carbocycles. The normalized spacial score (nSPS) is 21.2. The number of alkyl halides is 6. The van der Waals surface area contributed by atoms with Gasteiger partial charge in [-0.15, -0.1) is 0 Å². The van der Waals surface area contributed by atoms with Gasteiger partial charge in [0.2, 0.25) is 5.96 Å². The van der Waals surface area contributed by atoms with E-state index in [0.29, 0.717) is 4.90 Å². The van der Waals surface area contributed by atoms with Gasteiger partial charge >= 0.3 is 12.4 Å². The zero-order valence-electron chi connectivity index (χ0n) is 11.6. The minimum Gasteiger partial charge on any atom is -0.245 e. The highest BCUT2D eigenvalue weighted by Crippen LogP contribution is 2.42. The maximum Gasteiger partial charge on any atom is 0.420 e. The number of nitrogens with zero attached hydrogens (tertiary/aromatic N) is 5. The molecule has 11 heteroatoms. The highest BCUT2D eigenvalue weighted by molar-refractivity contribution is 6.22. The quantitative estimate of drug-likeness (QED) is 0.627. The fourth-order valence-electron chi connectivity index (χ4n) is 2.21. The lowest BCUT2D eigenvalue weighted by Gasteiger charge is -2.35. The molecule has 0 radical (unpaired) electrons. The van der Waals surface area contributed by atoms with Crippen molar-refractivity contribution < 1.29 is 26.3 Å². The Labute approximate surface area is 125 Å². The third kappa shape index (κ3) is 2.45. The van der Waals surface area contributed by atoms with Gasteiger partial charge in [0.15, 0.2) is 11.7 Å². The van der Waals surface area contributed by atoms with Crippen molar-refractivity contribution in [2.45, 2.75) is 26.2 Å². The van der Waals surface area contributed by atoms with E-state index in [2.05, 4.69) is 20.0 Å². The lowest BCUT2D eigenvalue weighted by atomic mass is 10.0. The van der Waals surface area contributed by atoms with Crippen LogP contribution in [0.15, 0.2) is 43.0 Å². The molecule has 0 saturated heterocycles. The fraction of sp³-hybridized carbons (Fsp3) is 0.333. The monoisotopic (exact) mass is 335 g/mol. The Kier molecular flexibility index (Phi) is 3.03. The van der Waals surface area contributed by atoms with Crippen LogP contribution in [-0.2, 0) is 0 Å². The maximum absolute atomic E-state index is 13.2. The molecule has 0 bridgehead atoms. The summed E-state index contributed by atoms with van der Waals surface area (Å²) in [5, 5.41) is 0. The van der Waals surface area contributed by atoms with Crippen molar-refractivity contribution >= 4 is 23.5 Å². The van der Waals surface area contributed by atoms with Gasteiger partial charge in [-0.2, -0.15) is 36.3 Å². The Morgan fingerprint density at radius 1 is 0.826 bits per heavy atom. The van der Waals surface area contributed by atoms with Crippen LogP contribution in [0.1, 0.15) is 13.8 Å². The second-order valence-corrected chi connectivity index (χ2v) is 4.79. The predicted molar refractivity (Wildman–Crippen MR) is 70.1 cm³/mol. The van der Waals surface area contributed by atoms with Crippen molar-refractivity contribution in [1.82, 2.24) is 4.90 Å². The average molecular weight is 335 g/mol. The van der Waals surface area contributed by atoms with Crippen molar-refractivity contribution in [3.05, 3.63) is 23.0 Å². The molecule has 0 aromatic heterocycles. The van der Waals surface area contributed by atoms with E-state index in [4.69, 9.17) is 0 Å². The summed E-state index contributed by atoms with van der Waals surface area (Å²) in [6.07, 6.45) is -10.0. The van der Waals surface area contributed by atoms with Crippen molar-refractivity contribution in [2.75, 3.05) is 0 Å². The van der Waals surface area contributed by atoms with Gasteiger partial charge < -0.3 is 0 Å². The molecule has 3 aliphatic heterocycles. The molecule has 0 fully saturated rings. The first-order chi connectivity index (χ1) is 10.5. The molecule has 3 aliphatic rings. The van der Waals surface area contributed by atoms with E-state index in [1.54, 1.807) is 0 Å². The van der Waals surface area contributed by atoms with Gasteiger partial charge in [-0.25, -0.2) is 14.9 Å². The molecule has 5 nitrogen and oxygen atoms in total. The number of hydrogen-bond donors (Lipinski definition) is 0. The Bertz CT molecular complexity index is 775. The average Bonchev–Trinajstić information content (AvgIpc) is 2.34. The lowest BCUT2D eigenvalue weighted by molar-refractivity contribution is -0.0947. The van der Waals surface area contributed by atoms with E-state index in [1.807, 2.05) is 0 Å². The number of aliphatic imine (C=N–C) groups is 4. The van der Waals surface area contributed by atoms with Crippen LogP contribution in [0.4, 0.5) is 26.3 Å². The molecule has 0 aromatic rings. The van der Waals surface area contributed by atoms with Crippen molar-refractivity contribution in [1.29, 1.82) is 0 Å². The minimum atomic E-state index is -5.03. The standard InChI is InChI=1S/C12H7F6N5/c1-4-19-8-6(11(13,14)15)3-7(12(16,17)18)9-20-5(2)22-10(21-4)23(8)9/h3H,1-2H3. The Morgan fingerprint density at radius 2 is 1.43 bits per heavy atom. The largest absolute Gasteiger partial charge is 0.420 e. The second kappa shape index (κ2) is 4.52. The van der Waals surface area contributed by atoms with Crippen molar-refractivity contribution in [3.63, 3.8) is 0 Å². The van der Waals surface area contributed by atoms with Crippen LogP contribution in [0.2, 0.25) is 0 Å². The fourth-order valence-corrected chi connectivity index (χ4v) is 2.21. The van der Waals surface area contributed by atoms with Gasteiger partial charge in [0.25, 0.3) is 0 Å². The second-order valence-electron chi connectivity index (χ2n) is 4.79. The SMILES string of the molecule is CC1=NC2=NC(C)=NC3=C(C(F)(F)F)C=C(C(F)(F)F)C(=N1)N23. The van der Waals surface area contributed by atoms with Crippen LogP contribution in [0.25, 0.3) is 0 Å². The van der Waals surface area contributed by atoms with E-state index in [-0.39, 0.29) is 23.7 Å². The number of guanidine groups is 1. The summed E-state index contributed by atoms with van der Waals surface area (Å²) in [4.78, 5) is 15.4. The van der Waals surface area contributed by atoms with Gasteiger partial charge in [-0.3, -0.25) is 0 Å². The predicted octanol–water partition coefficient (Wildman–Crippen LogP) is 3.18. The van der Waals surface area contributed by atoms with Crippen LogP contribution in [-0.4, -0.2) is 40.7 Å². The Morgan fingerprint density at radius 3 is 2.00 bits per heavy atom. The van der Waals surface area contributed by atoms with Crippen LogP contribution < -0.4 is 0 Å². The minimum absolute atomic E-state index is 0.0169. The van der Waals surface area contributed by atoms with E-state index >= 15 is 0 Å². The molecule has 0 spiro atoms. The summed E-state index contributed by atoms with van der Waals surface area (Å²) in [7, 11) is 0. The first-order valence-electron chi connectivity index (χ1n) is 6.17. The molecule has 3 heterocycles. The number of allylic oxidation sites excluding steroid dienone is 2. The van der Waals surface area contributed by atoms with E-state index in [1.165, 1.54) is 13.8 Å². The van der Waals surface area contributed by atoms with Gasteiger partial charge in [-0.05, 0) is 19.9 Å². The zero-order valence-corrected chi connectivity index (χ0v) is 11.6.